The molecule has 0 bridgehead atoms. The van der Waals surface area contributed by atoms with Crippen LogP contribution in [0.1, 0.15) is 12.0 Å². The molecule has 1 heterocycles. The quantitative estimate of drug-likeness (QED) is 0.682. The minimum atomic E-state index is -0.541. The van der Waals surface area contributed by atoms with Gasteiger partial charge in [0, 0.05) is 13.2 Å². The zero-order valence-corrected chi connectivity index (χ0v) is 8.43. The van der Waals surface area contributed by atoms with E-state index in [2.05, 4.69) is 9.84 Å². The number of rotatable bonds is 4. The van der Waals surface area contributed by atoms with Crippen LogP contribution in [0.5, 0.6) is 0 Å². The molecule has 5 heteroatoms. The smallest absolute Gasteiger partial charge is 0.322 e. The van der Waals surface area contributed by atoms with Crippen molar-refractivity contribution in [3.63, 3.8) is 0 Å². The Morgan fingerprint density at radius 1 is 1.79 bits per heavy atom. The first-order chi connectivity index (χ1) is 6.63. The van der Waals surface area contributed by atoms with Crippen molar-refractivity contribution in [3.05, 3.63) is 18.0 Å². The van der Waals surface area contributed by atoms with Crippen molar-refractivity contribution in [2.45, 2.75) is 18.9 Å². The highest BCUT2D eigenvalue weighted by molar-refractivity contribution is 5.75. The molecular formula is C9H15N3O2. The average Bonchev–Trinajstić information content (AvgIpc) is 2.59. The van der Waals surface area contributed by atoms with Gasteiger partial charge >= 0.3 is 5.97 Å². The molecule has 0 aliphatic heterocycles. The van der Waals surface area contributed by atoms with E-state index in [0.29, 0.717) is 6.42 Å². The van der Waals surface area contributed by atoms with Gasteiger partial charge in [-0.2, -0.15) is 5.10 Å². The summed E-state index contributed by atoms with van der Waals surface area (Å²) in [6, 6.07) is -0.541. The van der Waals surface area contributed by atoms with Crippen LogP contribution < -0.4 is 5.73 Å². The maximum Gasteiger partial charge on any atom is 0.322 e. The lowest BCUT2D eigenvalue weighted by atomic mass is 10.1. The first-order valence-corrected chi connectivity index (χ1v) is 4.44. The summed E-state index contributed by atoms with van der Waals surface area (Å²) in [5, 5.41) is 4.02. The molecule has 0 spiro atoms. The van der Waals surface area contributed by atoms with Crippen LogP contribution in [0, 0.1) is 0 Å². The fourth-order valence-corrected chi connectivity index (χ4v) is 1.19. The summed E-state index contributed by atoms with van der Waals surface area (Å²) in [6.07, 6.45) is 5.00. The van der Waals surface area contributed by atoms with E-state index < -0.39 is 6.04 Å². The topological polar surface area (TPSA) is 70.1 Å². The summed E-state index contributed by atoms with van der Waals surface area (Å²) in [4.78, 5) is 11.0. The van der Waals surface area contributed by atoms with E-state index in [1.165, 1.54) is 7.11 Å². The van der Waals surface area contributed by atoms with Gasteiger partial charge in [0.25, 0.3) is 0 Å². The largest absolute Gasteiger partial charge is 0.468 e. The minimum Gasteiger partial charge on any atom is -0.468 e. The molecule has 0 aromatic carbocycles. The lowest BCUT2D eigenvalue weighted by Crippen LogP contribution is -2.31. The average molecular weight is 197 g/mol. The summed E-state index contributed by atoms with van der Waals surface area (Å²) in [7, 11) is 3.19. The Morgan fingerprint density at radius 3 is 3.00 bits per heavy atom. The van der Waals surface area contributed by atoms with Crippen molar-refractivity contribution in [2.75, 3.05) is 7.11 Å². The predicted molar refractivity (Wildman–Crippen MR) is 51.5 cm³/mol. The number of hydrogen-bond acceptors (Lipinski definition) is 4. The fourth-order valence-electron chi connectivity index (χ4n) is 1.19. The van der Waals surface area contributed by atoms with Gasteiger partial charge in [0.2, 0.25) is 0 Å². The number of ether oxygens (including phenoxy) is 1. The maximum atomic E-state index is 11.0. The van der Waals surface area contributed by atoms with E-state index >= 15 is 0 Å². The molecule has 1 aromatic rings. The van der Waals surface area contributed by atoms with Gasteiger partial charge in [0.05, 0.1) is 13.3 Å². The third kappa shape index (κ3) is 2.85. The van der Waals surface area contributed by atoms with Gasteiger partial charge in [0.15, 0.2) is 0 Å². The number of carbonyl (C=O) groups is 1. The first kappa shape index (κ1) is 10.7. The Labute approximate surface area is 82.8 Å². The summed E-state index contributed by atoms with van der Waals surface area (Å²) in [5.41, 5.74) is 6.66. The SMILES string of the molecule is COC(=O)C(N)CCc1cnn(C)c1. The van der Waals surface area contributed by atoms with Crippen molar-refractivity contribution < 1.29 is 9.53 Å². The molecule has 78 valence electrons. The number of nitrogens with zero attached hydrogens (tertiary/aromatic N) is 2. The molecule has 0 amide bonds. The molecule has 0 radical (unpaired) electrons. The van der Waals surface area contributed by atoms with Crippen LogP contribution in [0.3, 0.4) is 0 Å². The van der Waals surface area contributed by atoms with Crippen molar-refractivity contribution >= 4 is 5.97 Å². The first-order valence-electron chi connectivity index (χ1n) is 4.44. The summed E-state index contributed by atoms with van der Waals surface area (Å²) >= 11 is 0. The second kappa shape index (κ2) is 4.76. The molecule has 0 aliphatic rings. The number of methoxy groups -OCH3 is 1. The molecule has 1 rings (SSSR count). The van der Waals surface area contributed by atoms with Crippen molar-refractivity contribution in [2.24, 2.45) is 12.8 Å². The second-order valence-electron chi connectivity index (χ2n) is 3.19. The number of carbonyl (C=O) groups excluding carboxylic acids is 1. The van der Waals surface area contributed by atoms with Gasteiger partial charge in [-0.25, -0.2) is 0 Å². The molecule has 1 atom stereocenters. The standard InChI is InChI=1S/C9H15N3O2/c1-12-6-7(5-11-12)3-4-8(10)9(13)14-2/h5-6,8H,3-4,10H2,1-2H3. The second-order valence-corrected chi connectivity index (χ2v) is 3.19. The van der Waals surface area contributed by atoms with Crippen LogP contribution in [0.15, 0.2) is 12.4 Å². The van der Waals surface area contributed by atoms with Crippen LogP contribution in [-0.4, -0.2) is 28.9 Å². The van der Waals surface area contributed by atoms with Gasteiger partial charge in [-0.3, -0.25) is 9.48 Å². The minimum absolute atomic E-state index is 0.367. The highest BCUT2D eigenvalue weighted by Gasteiger charge is 2.13. The normalized spacial score (nSPS) is 12.5. The van der Waals surface area contributed by atoms with Gasteiger partial charge in [0.1, 0.15) is 6.04 Å². The van der Waals surface area contributed by atoms with Crippen molar-refractivity contribution in [1.29, 1.82) is 0 Å². The Kier molecular flexibility index (Phi) is 3.64. The number of esters is 1. The molecule has 0 aliphatic carbocycles. The van der Waals surface area contributed by atoms with E-state index in [1.54, 1.807) is 10.9 Å². The lowest BCUT2D eigenvalue weighted by molar-refractivity contribution is -0.142. The van der Waals surface area contributed by atoms with Crippen LogP contribution in [-0.2, 0) is 23.0 Å². The van der Waals surface area contributed by atoms with E-state index in [0.717, 1.165) is 12.0 Å². The molecule has 0 saturated heterocycles. The van der Waals surface area contributed by atoms with E-state index in [-0.39, 0.29) is 5.97 Å². The monoisotopic (exact) mass is 197 g/mol. The number of aryl methyl sites for hydroxylation is 2. The Balaban J connectivity index is 2.37. The zero-order valence-electron chi connectivity index (χ0n) is 8.43. The third-order valence-corrected chi connectivity index (χ3v) is 2.01. The molecule has 2 N–H and O–H groups in total. The predicted octanol–water partition coefficient (Wildman–Crippen LogP) is -0.147. The van der Waals surface area contributed by atoms with E-state index in [1.807, 2.05) is 13.2 Å². The molecular weight excluding hydrogens is 182 g/mol. The maximum absolute atomic E-state index is 11.0. The number of aromatic nitrogens is 2. The highest BCUT2D eigenvalue weighted by Crippen LogP contribution is 2.03. The summed E-state index contributed by atoms with van der Waals surface area (Å²) < 4.78 is 6.24. The number of nitrogens with two attached hydrogens (primary N) is 1. The van der Waals surface area contributed by atoms with Gasteiger partial charge in [-0.05, 0) is 18.4 Å². The van der Waals surface area contributed by atoms with Crippen LogP contribution >= 0.6 is 0 Å². The molecule has 1 aromatic heterocycles. The Bertz CT molecular complexity index is 309. The van der Waals surface area contributed by atoms with Crippen molar-refractivity contribution in [3.8, 4) is 0 Å². The number of hydrogen-bond donors (Lipinski definition) is 1. The molecule has 0 fully saturated rings. The van der Waals surface area contributed by atoms with E-state index in [4.69, 9.17) is 5.73 Å². The fraction of sp³-hybridized carbons (Fsp3) is 0.556. The lowest BCUT2D eigenvalue weighted by Gasteiger charge is -2.07. The van der Waals surface area contributed by atoms with E-state index in [9.17, 15) is 4.79 Å². The van der Waals surface area contributed by atoms with Gasteiger partial charge in [-0.1, -0.05) is 0 Å². The summed E-state index contributed by atoms with van der Waals surface area (Å²) in [5.74, 6) is -0.367. The molecule has 0 saturated carbocycles. The molecule has 14 heavy (non-hydrogen) atoms. The molecule has 1 unspecified atom stereocenters. The highest BCUT2D eigenvalue weighted by atomic mass is 16.5. The van der Waals surface area contributed by atoms with Crippen LogP contribution in [0.25, 0.3) is 0 Å². The molecule has 5 nitrogen and oxygen atoms in total. The zero-order chi connectivity index (χ0) is 10.6. The van der Waals surface area contributed by atoms with Gasteiger partial charge < -0.3 is 10.5 Å². The summed E-state index contributed by atoms with van der Waals surface area (Å²) in [6.45, 7) is 0. The van der Waals surface area contributed by atoms with Gasteiger partial charge in [-0.15, -0.1) is 0 Å². The Hall–Kier alpha value is -1.36. The third-order valence-electron chi connectivity index (χ3n) is 2.01. The van der Waals surface area contributed by atoms with Crippen molar-refractivity contribution in [1.82, 2.24) is 9.78 Å². The van der Waals surface area contributed by atoms with Crippen LogP contribution in [0.4, 0.5) is 0 Å². The van der Waals surface area contributed by atoms with Crippen LogP contribution in [0.2, 0.25) is 0 Å². The Morgan fingerprint density at radius 2 is 2.50 bits per heavy atom.